The molecule has 1 saturated carbocycles. The summed E-state index contributed by atoms with van der Waals surface area (Å²) in [5, 5.41) is 8.53. The smallest absolute Gasteiger partial charge is 0.314 e. The standard InChI is InChI=1S/C13H16O5S/c1-18-8-13(12(14)15)10(11(13)19(2,16)17)9-6-4-3-5-7-9/h3-7,10-11H,8H2,1-2H3,(H,14,15)/t10-,11+,13-/m1/s1. The van der Waals surface area contributed by atoms with Gasteiger partial charge in [-0.3, -0.25) is 4.79 Å². The van der Waals surface area contributed by atoms with Gasteiger partial charge in [-0.25, -0.2) is 8.42 Å². The number of carboxylic acid groups (broad SMARTS) is 1. The highest BCUT2D eigenvalue weighted by molar-refractivity contribution is 7.91. The lowest BCUT2D eigenvalue weighted by Crippen LogP contribution is -2.28. The Morgan fingerprint density at radius 1 is 1.37 bits per heavy atom. The van der Waals surface area contributed by atoms with Gasteiger partial charge in [-0.05, 0) is 5.56 Å². The summed E-state index contributed by atoms with van der Waals surface area (Å²) < 4.78 is 28.7. The quantitative estimate of drug-likeness (QED) is 0.869. The lowest BCUT2D eigenvalue weighted by molar-refractivity contribution is -0.145. The molecule has 5 nitrogen and oxygen atoms in total. The van der Waals surface area contributed by atoms with Crippen LogP contribution in [0.4, 0.5) is 0 Å². The summed E-state index contributed by atoms with van der Waals surface area (Å²) in [6.07, 6.45) is 1.08. The summed E-state index contributed by atoms with van der Waals surface area (Å²) >= 11 is 0. The van der Waals surface area contributed by atoms with Crippen molar-refractivity contribution in [3.63, 3.8) is 0 Å². The molecule has 1 fully saturated rings. The van der Waals surface area contributed by atoms with Crippen molar-refractivity contribution in [3.05, 3.63) is 35.9 Å². The van der Waals surface area contributed by atoms with Gasteiger partial charge in [0.2, 0.25) is 0 Å². The Bertz CT molecular complexity index is 580. The van der Waals surface area contributed by atoms with Crippen LogP contribution in [0.5, 0.6) is 0 Å². The minimum absolute atomic E-state index is 0.111. The Morgan fingerprint density at radius 3 is 2.37 bits per heavy atom. The minimum atomic E-state index is -3.46. The molecule has 0 amide bonds. The van der Waals surface area contributed by atoms with Crippen molar-refractivity contribution in [1.82, 2.24) is 0 Å². The molecular weight excluding hydrogens is 268 g/mol. The third-order valence-corrected chi connectivity index (χ3v) is 5.27. The Kier molecular flexibility index (Phi) is 3.40. The minimum Gasteiger partial charge on any atom is -0.481 e. The Hall–Kier alpha value is -1.40. The molecule has 1 aromatic rings. The Morgan fingerprint density at radius 2 is 1.95 bits per heavy atom. The van der Waals surface area contributed by atoms with Crippen LogP contribution in [0.25, 0.3) is 0 Å². The maximum absolute atomic E-state index is 11.9. The normalized spacial score (nSPS) is 30.0. The van der Waals surface area contributed by atoms with E-state index in [0.29, 0.717) is 0 Å². The number of carboxylic acids is 1. The molecule has 2 rings (SSSR count). The second kappa shape index (κ2) is 4.61. The van der Waals surface area contributed by atoms with E-state index in [9.17, 15) is 18.3 Å². The number of ether oxygens (including phenoxy) is 1. The van der Waals surface area contributed by atoms with E-state index >= 15 is 0 Å². The molecule has 0 unspecified atom stereocenters. The van der Waals surface area contributed by atoms with Crippen LogP contribution in [-0.2, 0) is 19.4 Å². The van der Waals surface area contributed by atoms with Crippen LogP contribution in [0.2, 0.25) is 0 Å². The van der Waals surface area contributed by atoms with Crippen molar-refractivity contribution >= 4 is 15.8 Å². The highest BCUT2D eigenvalue weighted by Crippen LogP contribution is 2.63. The van der Waals surface area contributed by atoms with Gasteiger partial charge >= 0.3 is 5.97 Å². The highest BCUT2D eigenvalue weighted by atomic mass is 32.2. The molecule has 0 aliphatic heterocycles. The number of sulfone groups is 1. The first-order chi connectivity index (χ1) is 8.85. The summed E-state index contributed by atoms with van der Waals surface area (Å²) in [6.45, 7) is -0.111. The number of benzene rings is 1. The fraction of sp³-hybridized carbons (Fsp3) is 0.462. The van der Waals surface area contributed by atoms with Crippen molar-refractivity contribution < 1.29 is 23.1 Å². The highest BCUT2D eigenvalue weighted by Gasteiger charge is 2.74. The van der Waals surface area contributed by atoms with Crippen molar-refractivity contribution in [2.24, 2.45) is 5.41 Å². The van der Waals surface area contributed by atoms with Crippen molar-refractivity contribution in [2.45, 2.75) is 11.2 Å². The zero-order valence-electron chi connectivity index (χ0n) is 10.7. The van der Waals surface area contributed by atoms with Crippen LogP contribution in [0.3, 0.4) is 0 Å². The molecule has 1 aliphatic carbocycles. The fourth-order valence-corrected chi connectivity index (χ4v) is 4.79. The molecule has 0 saturated heterocycles. The summed E-state index contributed by atoms with van der Waals surface area (Å²) in [5.41, 5.74) is -0.652. The molecule has 0 heterocycles. The average molecular weight is 284 g/mol. The number of rotatable bonds is 5. The summed E-state index contributed by atoms with van der Waals surface area (Å²) in [4.78, 5) is 11.6. The average Bonchev–Trinajstić information content (AvgIpc) is 3.01. The Balaban J connectivity index is 2.50. The first-order valence-corrected chi connectivity index (χ1v) is 7.77. The topological polar surface area (TPSA) is 80.7 Å². The largest absolute Gasteiger partial charge is 0.481 e. The van der Waals surface area contributed by atoms with Gasteiger partial charge in [0.05, 0.1) is 11.9 Å². The summed E-state index contributed by atoms with van der Waals surface area (Å²) in [6, 6.07) is 8.85. The van der Waals surface area contributed by atoms with Crippen LogP contribution in [0, 0.1) is 5.41 Å². The van der Waals surface area contributed by atoms with Crippen molar-refractivity contribution in [1.29, 1.82) is 0 Å². The van der Waals surface area contributed by atoms with E-state index in [2.05, 4.69) is 0 Å². The van der Waals surface area contributed by atoms with E-state index in [1.807, 2.05) is 0 Å². The van der Waals surface area contributed by atoms with Gasteiger partial charge in [-0.2, -0.15) is 0 Å². The number of hydrogen-bond acceptors (Lipinski definition) is 4. The van der Waals surface area contributed by atoms with E-state index in [4.69, 9.17) is 4.74 Å². The molecule has 0 spiro atoms. The van der Waals surface area contributed by atoms with Crippen LogP contribution in [0.1, 0.15) is 11.5 Å². The van der Waals surface area contributed by atoms with Crippen LogP contribution in [-0.4, -0.2) is 44.7 Å². The third kappa shape index (κ3) is 2.15. The van der Waals surface area contributed by atoms with Gasteiger partial charge in [0.15, 0.2) is 9.84 Å². The van der Waals surface area contributed by atoms with Crippen LogP contribution < -0.4 is 0 Å². The molecular formula is C13H16O5S. The molecule has 3 atom stereocenters. The predicted molar refractivity (Wildman–Crippen MR) is 69.8 cm³/mol. The first kappa shape index (κ1) is 14.0. The summed E-state index contributed by atoms with van der Waals surface area (Å²) in [7, 11) is -2.08. The number of methoxy groups -OCH3 is 1. The van der Waals surface area contributed by atoms with Gasteiger partial charge in [-0.15, -0.1) is 0 Å². The molecule has 1 aromatic carbocycles. The van der Waals surface area contributed by atoms with Crippen LogP contribution in [0.15, 0.2) is 30.3 Å². The molecule has 0 aromatic heterocycles. The van der Waals surface area contributed by atoms with E-state index in [1.54, 1.807) is 30.3 Å². The molecule has 1 N–H and O–H groups in total. The lowest BCUT2D eigenvalue weighted by atomic mass is 10.0. The van der Waals surface area contributed by atoms with Gasteiger partial charge in [0, 0.05) is 19.3 Å². The molecule has 0 radical (unpaired) electrons. The number of aliphatic carboxylic acids is 1. The van der Waals surface area contributed by atoms with E-state index in [-0.39, 0.29) is 6.61 Å². The van der Waals surface area contributed by atoms with Crippen molar-refractivity contribution in [3.8, 4) is 0 Å². The molecule has 104 valence electrons. The van der Waals surface area contributed by atoms with Crippen molar-refractivity contribution in [2.75, 3.05) is 20.0 Å². The Labute approximate surface area is 112 Å². The maximum Gasteiger partial charge on any atom is 0.314 e. The van der Waals surface area contributed by atoms with Gasteiger partial charge in [0.1, 0.15) is 5.41 Å². The van der Waals surface area contributed by atoms with E-state index in [1.165, 1.54) is 7.11 Å². The fourth-order valence-electron chi connectivity index (χ4n) is 2.89. The molecule has 1 aliphatic rings. The van der Waals surface area contributed by atoms with E-state index < -0.39 is 32.4 Å². The maximum atomic E-state index is 11.9. The monoisotopic (exact) mass is 284 g/mol. The third-order valence-electron chi connectivity index (χ3n) is 3.66. The second-order valence-electron chi connectivity index (χ2n) is 4.92. The van der Waals surface area contributed by atoms with E-state index in [0.717, 1.165) is 11.8 Å². The summed E-state index contributed by atoms with van der Waals surface area (Å²) in [5.74, 6) is -1.68. The second-order valence-corrected chi connectivity index (χ2v) is 7.08. The molecule has 19 heavy (non-hydrogen) atoms. The van der Waals surface area contributed by atoms with Gasteiger partial charge in [0.25, 0.3) is 0 Å². The molecule has 6 heteroatoms. The van der Waals surface area contributed by atoms with Crippen LogP contribution >= 0.6 is 0 Å². The SMILES string of the molecule is COC[C@@]1(C(=O)O)[C@H](c2ccccc2)[C@@H]1S(C)(=O)=O. The zero-order valence-corrected chi connectivity index (χ0v) is 11.6. The van der Waals surface area contributed by atoms with Gasteiger partial charge < -0.3 is 9.84 Å². The van der Waals surface area contributed by atoms with Gasteiger partial charge in [-0.1, -0.05) is 30.3 Å². The number of hydrogen-bond donors (Lipinski definition) is 1. The first-order valence-electron chi connectivity index (χ1n) is 5.82. The zero-order chi connectivity index (χ0) is 14.3. The lowest BCUT2D eigenvalue weighted by Gasteiger charge is -2.11. The predicted octanol–water partition coefficient (Wildman–Crippen LogP) is 0.914. The number of carbonyl (C=O) groups is 1. The molecule has 0 bridgehead atoms.